The van der Waals surface area contributed by atoms with Crippen molar-refractivity contribution in [2.45, 2.75) is 38.6 Å². The third kappa shape index (κ3) is 5.66. The van der Waals surface area contributed by atoms with Crippen molar-refractivity contribution < 1.29 is 9.32 Å². The third-order valence-electron chi connectivity index (χ3n) is 5.30. The highest BCUT2D eigenvalue weighted by Crippen LogP contribution is 2.16. The van der Waals surface area contributed by atoms with Gasteiger partial charge in [-0.2, -0.15) is 10.1 Å². The Morgan fingerprint density at radius 1 is 1.16 bits per heavy atom. The fourth-order valence-electron chi connectivity index (χ4n) is 3.68. The maximum absolute atomic E-state index is 12.1. The number of fused-ring (bicyclic) bond motifs is 1. The third-order valence-corrected chi connectivity index (χ3v) is 5.30. The van der Waals surface area contributed by atoms with Gasteiger partial charge >= 0.3 is 0 Å². The monoisotopic (exact) mass is 425 g/mol. The van der Waals surface area contributed by atoms with E-state index in [-0.39, 0.29) is 11.5 Å². The summed E-state index contributed by atoms with van der Waals surface area (Å²) in [4.78, 5) is 30.6. The standard InChI is InChI=1S/C21H27N7O3/c29-18(8-9-19-24-17(27-31-19)14-28-12-3-4-13-28)22-10-5-11-23-20-15-6-1-2-7-16(15)21(30)26-25-20/h1-2,6-7H,3-5,8-14H2,(H,22,29)(H,23,25)(H,26,30). The average molecular weight is 425 g/mol. The van der Waals surface area contributed by atoms with E-state index >= 15 is 0 Å². The van der Waals surface area contributed by atoms with Gasteiger partial charge in [-0.25, -0.2) is 5.10 Å². The van der Waals surface area contributed by atoms with Crippen molar-refractivity contribution in [3.63, 3.8) is 0 Å². The van der Waals surface area contributed by atoms with Crippen LogP contribution in [0.25, 0.3) is 10.8 Å². The summed E-state index contributed by atoms with van der Waals surface area (Å²) in [7, 11) is 0. The van der Waals surface area contributed by atoms with E-state index in [4.69, 9.17) is 4.52 Å². The molecule has 1 aromatic carbocycles. The summed E-state index contributed by atoms with van der Waals surface area (Å²) in [6.45, 7) is 4.03. The van der Waals surface area contributed by atoms with E-state index < -0.39 is 0 Å². The fourth-order valence-corrected chi connectivity index (χ4v) is 3.68. The zero-order chi connectivity index (χ0) is 21.5. The van der Waals surface area contributed by atoms with E-state index in [0.29, 0.717) is 55.4 Å². The molecule has 3 aromatic rings. The van der Waals surface area contributed by atoms with E-state index in [0.717, 1.165) is 24.9 Å². The molecule has 31 heavy (non-hydrogen) atoms. The lowest BCUT2D eigenvalue weighted by molar-refractivity contribution is -0.121. The number of rotatable bonds is 10. The maximum Gasteiger partial charge on any atom is 0.272 e. The van der Waals surface area contributed by atoms with Crippen molar-refractivity contribution in [2.24, 2.45) is 0 Å². The molecular weight excluding hydrogens is 398 g/mol. The van der Waals surface area contributed by atoms with Gasteiger partial charge in [0.1, 0.15) is 0 Å². The molecule has 4 rings (SSSR count). The van der Waals surface area contributed by atoms with Crippen LogP contribution in [0.2, 0.25) is 0 Å². The number of carbonyl (C=O) groups excluding carboxylic acids is 1. The van der Waals surface area contributed by atoms with Crippen LogP contribution in [0, 0.1) is 0 Å². The largest absolute Gasteiger partial charge is 0.368 e. The molecule has 0 radical (unpaired) electrons. The van der Waals surface area contributed by atoms with Crippen molar-refractivity contribution >= 4 is 22.5 Å². The Bertz CT molecular complexity index is 1070. The number of aromatic amines is 1. The molecule has 2 aromatic heterocycles. The molecule has 1 aliphatic heterocycles. The Labute approximate surface area is 179 Å². The van der Waals surface area contributed by atoms with Gasteiger partial charge in [-0.05, 0) is 38.4 Å². The summed E-state index contributed by atoms with van der Waals surface area (Å²) < 4.78 is 5.25. The Hall–Kier alpha value is -3.27. The normalized spacial score (nSPS) is 14.2. The second kappa shape index (κ2) is 10.2. The zero-order valence-corrected chi connectivity index (χ0v) is 17.4. The SMILES string of the molecule is O=C(CCc1nc(CN2CCCC2)no1)NCCCNc1n[nH]c(=O)c2ccccc12. The first kappa shape index (κ1) is 21.0. The van der Waals surface area contributed by atoms with Crippen LogP contribution in [0.3, 0.4) is 0 Å². The maximum atomic E-state index is 12.1. The lowest BCUT2D eigenvalue weighted by Crippen LogP contribution is -2.26. The Morgan fingerprint density at radius 3 is 2.81 bits per heavy atom. The first-order valence-electron chi connectivity index (χ1n) is 10.7. The number of benzene rings is 1. The molecular formula is C21H27N7O3. The predicted octanol–water partition coefficient (Wildman–Crippen LogP) is 1.45. The molecule has 10 nitrogen and oxygen atoms in total. The van der Waals surface area contributed by atoms with Crippen molar-refractivity contribution in [1.29, 1.82) is 0 Å². The van der Waals surface area contributed by atoms with E-state index in [1.807, 2.05) is 18.2 Å². The predicted molar refractivity (Wildman–Crippen MR) is 116 cm³/mol. The van der Waals surface area contributed by atoms with Crippen molar-refractivity contribution in [1.82, 2.24) is 30.6 Å². The van der Waals surface area contributed by atoms with Gasteiger partial charge in [0.05, 0.1) is 11.9 Å². The van der Waals surface area contributed by atoms with Crippen LogP contribution in [0.15, 0.2) is 33.6 Å². The van der Waals surface area contributed by atoms with Gasteiger partial charge in [-0.3, -0.25) is 14.5 Å². The van der Waals surface area contributed by atoms with Gasteiger partial charge in [0, 0.05) is 31.3 Å². The van der Waals surface area contributed by atoms with Crippen LogP contribution in [-0.4, -0.2) is 57.3 Å². The lowest BCUT2D eigenvalue weighted by atomic mass is 10.2. The van der Waals surface area contributed by atoms with Gasteiger partial charge in [0.15, 0.2) is 11.6 Å². The van der Waals surface area contributed by atoms with Crippen LogP contribution < -0.4 is 16.2 Å². The number of nitrogens with one attached hydrogen (secondary N) is 3. The molecule has 0 saturated carbocycles. The van der Waals surface area contributed by atoms with E-state index in [2.05, 4.69) is 35.9 Å². The van der Waals surface area contributed by atoms with Gasteiger partial charge in [0.2, 0.25) is 11.8 Å². The number of H-pyrrole nitrogens is 1. The van der Waals surface area contributed by atoms with Gasteiger partial charge in [-0.15, -0.1) is 0 Å². The number of likely N-dealkylation sites (tertiary alicyclic amines) is 1. The molecule has 1 amide bonds. The van der Waals surface area contributed by atoms with E-state index in [1.54, 1.807) is 6.07 Å². The number of carbonyl (C=O) groups is 1. The molecule has 0 spiro atoms. The van der Waals surface area contributed by atoms with E-state index in [1.165, 1.54) is 12.8 Å². The highest BCUT2D eigenvalue weighted by molar-refractivity contribution is 5.90. The highest BCUT2D eigenvalue weighted by atomic mass is 16.5. The molecule has 0 aliphatic carbocycles. The highest BCUT2D eigenvalue weighted by Gasteiger charge is 2.15. The summed E-state index contributed by atoms with van der Waals surface area (Å²) in [5.41, 5.74) is -0.210. The summed E-state index contributed by atoms with van der Waals surface area (Å²) in [5.74, 6) is 1.77. The van der Waals surface area contributed by atoms with Gasteiger partial charge in [-0.1, -0.05) is 23.4 Å². The topological polar surface area (TPSA) is 129 Å². The molecule has 1 aliphatic rings. The first-order chi connectivity index (χ1) is 15.2. The molecule has 164 valence electrons. The molecule has 0 unspecified atom stereocenters. The number of aryl methyl sites for hydroxylation is 1. The number of amides is 1. The zero-order valence-electron chi connectivity index (χ0n) is 17.4. The van der Waals surface area contributed by atoms with Gasteiger partial charge in [0.25, 0.3) is 5.56 Å². The van der Waals surface area contributed by atoms with Crippen molar-refractivity contribution in [3.05, 3.63) is 46.3 Å². The quantitative estimate of drug-likeness (QED) is 0.416. The Balaban J connectivity index is 1.14. The number of hydrogen-bond donors (Lipinski definition) is 3. The van der Waals surface area contributed by atoms with Crippen LogP contribution in [0.4, 0.5) is 5.82 Å². The average Bonchev–Trinajstić information content (AvgIpc) is 3.46. The van der Waals surface area contributed by atoms with Crippen LogP contribution in [-0.2, 0) is 17.8 Å². The molecule has 0 atom stereocenters. The Morgan fingerprint density at radius 2 is 1.97 bits per heavy atom. The summed E-state index contributed by atoms with van der Waals surface area (Å²) in [5, 5.41) is 18.1. The molecule has 10 heteroatoms. The molecule has 1 saturated heterocycles. The lowest BCUT2D eigenvalue weighted by Gasteiger charge is -2.10. The molecule has 3 heterocycles. The summed E-state index contributed by atoms with van der Waals surface area (Å²) in [6.07, 6.45) is 3.91. The second-order valence-electron chi connectivity index (χ2n) is 7.66. The number of anilines is 1. The molecule has 1 fully saturated rings. The van der Waals surface area contributed by atoms with Gasteiger partial charge < -0.3 is 15.2 Å². The first-order valence-corrected chi connectivity index (χ1v) is 10.7. The Kier molecular flexibility index (Phi) is 6.88. The van der Waals surface area contributed by atoms with Crippen LogP contribution in [0.5, 0.6) is 0 Å². The minimum Gasteiger partial charge on any atom is -0.368 e. The van der Waals surface area contributed by atoms with Crippen LogP contribution >= 0.6 is 0 Å². The summed E-state index contributed by atoms with van der Waals surface area (Å²) in [6, 6.07) is 7.31. The van der Waals surface area contributed by atoms with Crippen molar-refractivity contribution in [2.75, 3.05) is 31.5 Å². The molecule has 0 bridgehead atoms. The molecule has 3 N–H and O–H groups in total. The number of nitrogens with zero attached hydrogens (tertiary/aromatic N) is 4. The van der Waals surface area contributed by atoms with Crippen LogP contribution in [0.1, 0.15) is 37.4 Å². The minimum atomic E-state index is -0.210. The van der Waals surface area contributed by atoms with E-state index in [9.17, 15) is 9.59 Å². The second-order valence-corrected chi connectivity index (χ2v) is 7.66. The fraction of sp³-hybridized carbons (Fsp3) is 0.476. The number of hydrogen-bond acceptors (Lipinski definition) is 8. The number of aromatic nitrogens is 4. The smallest absolute Gasteiger partial charge is 0.272 e. The summed E-state index contributed by atoms with van der Waals surface area (Å²) >= 11 is 0. The van der Waals surface area contributed by atoms with Crippen molar-refractivity contribution in [3.8, 4) is 0 Å². The minimum absolute atomic E-state index is 0.0492.